The molecule has 0 saturated carbocycles. The normalized spacial score (nSPS) is 10.4. The number of hydrogen-bond donors (Lipinski definition) is 2. The first-order valence-electron chi connectivity index (χ1n) is 5.70. The lowest BCUT2D eigenvalue weighted by molar-refractivity contribution is 0.598. The Kier molecular flexibility index (Phi) is 4.35. The van der Waals surface area contributed by atoms with Crippen LogP contribution in [-0.2, 0) is 0 Å². The van der Waals surface area contributed by atoms with Gasteiger partial charge >= 0.3 is 0 Å². The van der Waals surface area contributed by atoms with Gasteiger partial charge in [-0.2, -0.15) is 0 Å². The Hall–Kier alpha value is -1.53. The molecule has 0 fully saturated rings. The van der Waals surface area contributed by atoms with Crippen molar-refractivity contribution in [1.82, 2.24) is 0 Å². The van der Waals surface area contributed by atoms with E-state index in [9.17, 15) is 8.78 Å². The number of thiocarbonyl (C=S) groups is 1. The summed E-state index contributed by atoms with van der Waals surface area (Å²) in [7, 11) is 0. The van der Waals surface area contributed by atoms with Crippen LogP contribution in [0.3, 0.4) is 0 Å². The first-order chi connectivity index (χ1) is 9.38. The third-order valence-corrected chi connectivity index (χ3v) is 3.55. The molecule has 0 bridgehead atoms. The lowest BCUT2D eigenvalue weighted by Crippen LogP contribution is -2.12. The van der Waals surface area contributed by atoms with Crippen molar-refractivity contribution in [3.05, 3.63) is 57.6 Å². The SMILES string of the molecule is Cc1ccc(Nc2cc(F)c(Br)cc2F)c(C(N)=S)c1. The Morgan fingerprint density at radius 1 is 1.15 bits per heavy atom. The summed E-state index contributed by atoms with van der Waals surface area (Å²) in [5.41, 5.74) is 7.76. The van der Waals surface area contributed by atoms with Crippen molar-refractivity contribution in [2.75, 3.05) is 5.32 Å². The summed E-state index contributed by atoms with van der Waals surface area (Å²) < 4.78 is 27.4. The fourth-order valence-electron chi connectivity index (χ4n) is 1.73. The lowest BCUT2D eigenvalue weighted by Gasteiger charge is -2.13. The van der Waals surface area contributed by atoms with E-state index in [1.807, 2.05) is 13.0 Å². The number of benzene rings is 2. The number of aryl methyl sites for hydroxylation is 1. The number of nitrogens with two attached hydrogens (primary N) is 1. The van der Waals surface area contributed by atoms with Crippen LogP contribution in [0, 0.1) is 18.6 Å². The van der Waals surface area contributed by atoms with Gasteiger partial charge in [0.1, 0.15) is 16.6 Å². The number of hydrogen-bond acceptors (Lipinski definition) is 2. The predicted molar refractivity (Wildman–Crippen MR) is 84.4 cm³/mol. The van der Waals surface area contributed by atoms with Crippen LogP contribution in [-0.4, -0.2) is 4.99 Å². The quantitative estimate of drug-likeness (QED) is 0.631. The Morgan fingerprint density at radius 3 is 2.50 bits per heavy atom. The average molecular weight is 357 g/mol. The minimum Gasteiger partial charge on any atom is -0.389 e. The molecule has 0 aliphatic carbocycles. The molecule has 0 aliphatic heterocycles. The van der Waals surface area contributed by atoms with Crippen molar-refractivity contribution in [3.8, 4) is 0 Å². The smallest absolute Gasteiger partial charge is 0.147 e. The molecule has 0 unspecified atom stereocenters. The van der Waals surface area contributed by atoms with E-state index in [0.717, 1.165) is 17.7 Å². The minimum absolute atomic E-state index is 0.0204. The van der Waals surface area contributed by atoms with Crippen LogP contribution in [0.5, 0.6) is 0 Å². The summed E-state index contributed by atoms with van der Waals surface area (Å²) >= 11 is 7.90. The second-order valence-electron chi connectivity index (χ2n) is 4.28. The maximum Gasteiger partial charge on any atom is 0.147 e. The van der Waals surface area contributed by atoms with Crippen molar-refractivity contribution >= 4 is 44.5 Å². The van der Waals surface area contributed by atoms with Gasteiger partial charge in [0.15, 0.2) is 0 Å². The summed E-state index contributed by atoms with van der Waals surface area (Å²) in [4.78, 5) is 0.189. The second kappa shape index (κ2) is 5.85. The van der Waals surface area contributed by atoms with E-state index >= 15 is 0 Å². The van der Waals surface area contributed by atoms with Crippen molar-refractivity contribution in [1.29, 1.82) is 0 Å². The van der Waals surface area contributed by atoms with E-state index in [1.54, 1.807) is 12.1 Å². The largest absolute Gasteiger partial charge is 0.389 e. The van der Waals surface area contributed by atoms with Crippen LogP contribution in [0.15, 0.2) is 34.8 Å². The highest BCUT2D eigenvalue weighted by Crippen LogP contribution is 2.28. The van der Waals surface area contributed by atoms with E-state index in [1.165, 1.54) is 0 Å². The van der Waals surface area contributed by atoms with Gasteiger partial charge in [0, 0.05) is 17.3 Å². The highest BCUT2D eigenvalue weighted by atomic mass is 79.9. The molecule has 2 aromatic rings. The molecular weight excluding hydrogens is 346 g/mol. The Morgan fingerprint density at radius 2 is 1.85 bits per heavy atom. The Bertz CT molecular complexity index is 689. The van der Waals surface area contributed by atoms with Gasteiger partial charge in [-0.25, -0.2) is 8.78 Å². The average Bonchev–Trinajstić information content (AvgIpc) is 2.37. The predicted octanol–water partition coefficient (Wildman–Crippen LogP) is 4.41. The van der Waals surface area contributed by atoms with Crippen LogP contribution in [0.2, 0.25) is 0 Å². The van der Waals surface area contributed by atoms with Gasteiger partial charge in [0.05, 0.1) is 10.2 Å². The van der Waals surface area contributed by atoms with E-state index in [4.69, 9.17) is 18.0 Å². The van der Waals surface area contributed by atoms with Gasteiger partial charge in [0.25, 0.3) is 0 Å². The number of halogens is 3. The molecule has 0 aliphatic rings. The highest BCUT2D eigenvalue weighted by Gasteiger charge is 2.11. The first kappa shape index (κ1) is 14.9. The van der Waals surface area contributed by atoms with Crippen LogP contribution < -0.4 is 11.1 Å². The van der Waals surface area contributed by atoms with Gasteiger partial charge in [-0.1, -0.05) is 23.8 Å². The Balaban J connectivity index is 2.45. The highest BCUT2D eigenvalue weighted by molar-refractivity contribution is 9.10. The number of nitrogens with one attached hydrogen (secondary N) is 1. The lowest BCUT2D eigenvalue weighted by atomic mass is 10.1. The summed E-state index contributed by atoms with van der Waals surface area (Å²) in [6.07, 6.45) is 0. The monoisotopic (exact) mass is 356 g/mol. The molecule has 104 valence electrons. The van der Waals surface area contributed by atoms with Crippen LogP contribution in [0.25, 0.3) is 0 Å². The second-order valence-corrected chi connectivity index (χ2v) is 5.58. The molecule has 0 atom stereocenters. The van der Waals surface area contributed by atoms with Crippen molar-refractivity contribution in [2.45, 2.75) is 6.92 Å². The summed E-state index contributed by atoms with van der Waals surface area (Å²) in [5, 5.41) is 2.81. The molecule has 2 aromatic carbocycles. The molecule has 3 N–H and O–H groups in total. The molecule has 0 heterocycles. The van der Waals surface area contributed by atoms with Crippen molar-refractivity contribution in [2.24, 2.45) is 5.73 Å². The standard InChI is InChI=1S/C14H11BrF2N2S/c1-7-2-3-12(8(4-7)14(18)20)19-13-6-10(16)9(15)5-11(13)17/h2-6,19H,1H3,(H2,18,20). The zero-order valence-corrected chi connectivity index (χ0v) is 12.9. The third kappa shape index (κ3) is 3.13. The summed E-state index contributed by atoms with van der Waals surface area (Å²) in [6.45, 7) is 1.89. The molecule has 0 amide bonds. The fraction of sp³-hybridized carbons (Fsp3) is 0.0714. The Labute approximate surface area is 129 Å². The third-order valence-electron chi connectivity index (χ3n) is 2.72. The zero-order chi connectivity index (χ0) is 14.9. The molecule has 0 saturated heterocycles. The summed E-state index contributed by atoms with van der Waals surface area (Å²) in [6, 6.07) is 7.48. The van der Waals surface area contributed by atoms with E-state index in [2.05, 4.69) is 21.2 Å². The van der Waals surface area contributed by atoms with Crippen LogP contribution >= 0.6 is 28.1 Å². The van der Waals surface area contributed by atoms with Gasteiger partial charge in [0.2, 0.25) is 0 Å². The molecule has 0 aromatic heterocycles. The molecule has 0 spiro atoms. The molecule has 20 heavy (non-hydrogen) atoms. The first-order valence-corrected chi connectivity index (χ1v) is 6.90. The van der Waals surface area contributed by atoms with E-state index in [-0.39, 0.29) is 15.1 Å². The number of rotatable bonds is 3. The molecule has 0 radical (unpaired) electrons. The maximum atomic E-state index is 13.8. The van der Waals surface area contributed by atoms with Crippen LogP contribution in [0.1, 0.15) is 11.1 Å². The maximum absolute atomic E-state index is 13.8. The molecule has 2 nitrogen and oxygen atoms in total. The van der Waals surface area contributed by atoms with Gasteiger partial charge in [-0.15, -0.1) is 0 Å². The van der Waals surface area contributed by atoms with Crippen molar-refractivity contribution < 1.29 is 8.78 Å². The van der Waals surface area contributed by atoms with Gasteiger partial charge < -0.3 is 11.1 Å². The molecular formula is C14H11BrF2N2S. The summed E-state index contributed by atoms with van der Waals surface area (Å²) in [5.74, 6) is -1.13. The fourth-order valence-corrected chi connectivity index (χ4v) is 2.22. The topological polar surface area (TPSA) is 38.0 Å². The van der Waals surface area contributed by atoms with Gasteiger partial charge in [-0.05, 0) is 41.1 Å². The van der Waals surface area contributed by atoms with E-state index in [0.29, 0.717) is 11.3 Å². The molecule has 2 rings (SSSR count). The minimum atomic E-state index is -0.576. The molecule has 6 heteroatoms. The van der Waals surface area contributed by atoms with Gasteiger partial charge in [-0.3, -0.25) is 0 Å². The van der Waals surface area contributed by atoms with Crippen molar-refractivity contribution in [3.63, 3.8) is 0 Å². The van der Waals surface area contributed by atoms with Crippen LogP contribution in [0.4, 0.5) is 20.2 Å². The zero-order valence-electron chi connectivity index (χ0n) is 10.5. The van der Waals surface area contributed by atoms with E-state index < -0.39 is 11.6 Å². The number of anilines is 2.